The quantitative estimate of drug-likeness (QED) is 0.558. The molecule has 0 N–H and O–H groups in total. The molecular formula is C3H7ClO3S. The van der Waals surface area contributed by atoms with Crippen molar-refractivity contribution >= 4 is 23.0 Å². The van der Waals surface area contributed by atoms with Gasteiger partial charge in [-0.05, 0) is 0 Å². The Kier molecular flexibility index (Phi) is 5.74. The van der Waals surface area contributed by atoms with Gasteiger partial charge in [-0.15, -0.1) is 11.6 Å². The summed E-state index contributed by atoms with van der Waals surface area (Å²) in [5.74, 6) is 0.328. The highest BCUT2D eigenvalue weighted by molar-refractivity contribution is 7.75. The monoisotopic (exact) mass is 158 g/mol. The van der Waals surface area contributed by atoms with Crippen LogP contribution >= 0.6 is 11.6 Å². The van der Waals surface area contributed by atoms with Gasteiger partial charge in [-0.3, -0.25) is 8.37 Å². The number of halogens is 1. The fourth-order valence-corrected chi connectivity index (χ4v) is 0.632. The third kappa shape index (κ3) is 4.52. The Bertz CT molecular complexity index is 76.9. The molecule has 0 spiro atoms. The zero-order valence-corrected chi connectivity index (χ0v) is 6.00. The van der Waals surface area contributed by atoms with E-state index in [9.17, 15) is 4.21 Å². The van der Waals surface area contributed by atoms with Crippen molar-refractivity contribution in [3.05, 3.63) is 0 Å². The van der Waals surface area contributed by atoms with E-state index in [1.165, 1.54) is 7.11 Å². The summed E-state index contributed by atoms with van der Waals surface area (Å²) in [5, 5.41) is 0. The van der Waals surface area contributed by atoms with Gasteiger partial charge in [-0.25, -0.2) is 0 Å². The lowest BCUT2D eigenvalue weighted by molar-refractivity contribution is 0.297. The van der Waals surface area contributed by atoms with E-state index in [0.717, 1.165) is 0 Å². The van der Waals surface area contributed by atoms with Gasteiger partial charge >= 0.3 is 11.4 Å². The molecule has 0 aromatic heterocycles. The van der Waals surface area contributed by atoms with E-state index >= 15 is 0 Å². The summed E-state index contributed by atoms with van der Waals surface area (Å²) >= 11 is 3.58. The van der Waals surface area contributed by atoms with Crippen LogP contribution in [0, 0.1) is 0 Å². The van der Waals surface area contributed by atoms with E-state index in [2.05, 4.69) is 8.37 Å². The van der Waals surface area contributed by atoms with Crippen molar-refractivity contribution in [3.8, 4) is 0 Å². The maximum absolute atomic E-state index is 10.2. The van der Waals surface area contributed by atoms with Crippen molar-refractivity contribution in [2.24, 2.45) is 0 Å². The summed E-state index contributed by atoms with van der Waals surface area (Å²) in [6.07, 6.45) is 0. The Hall–Kier alpha value is 0.360. The van der Waals surface area contributed by atoms with Gasteiger partial charge in [-0.1, -0.05) is 0 Å². The molecule has 0 aromatic carbocycles. The van der Waals surface area contributed by atoms with Gasteiger partial charge in [-0.2, -0.15) is 4.21 Å². The first-order valence-electron chi connectivity index (χ1n) is 1.96. The van der Waals surface area contributed by atoms with Crippen molar-refractivity contribution in [1.29, 1.82) is 0 Å². The summed E-state index contributed by atoms with van der Waals surface area (Å²) in [7, 11) is 1.30. The van der Waals surface area contributed by atoms with Gasteiger partial charge in [0, 0.05) is 5.88 Å². The molecule has 0 aromatic rings. The van der Waals surface area contributed by atoms with Crippen molar-refractivity contribution in [2.45, 2.75) is 0 Å². The molecule has 50 valence electrons. The summed E-state index contributed by atoms with van der Waals surface area (Å²) in [4.78, 5) is 0. The lowest BCUT2D eigenvalue weighted by atomic mass is 10.9. The molecule has 0 rings (SSSR count). The molecule has 0 aliphatic rings. The number of hydrogen-bond acceptors (Lipinski definition) is 3. The van der Waals surface area contributed by atoms with Gasteiger partial charge in [0.25, 0.3) is 0 Å². The van der Waals surface area contributed by atoms with Gasteiger partial charge in [0.1, 0.15) is 0 Å². The smallest absolute Gasteiger partial charge is 0.272 e. The Morgan fingerprint density at radius 2 is 2.38 bits per heavy atom. The highest BCUT2D eigenvalue weighted by atomic mass is 35.5. The van der Waals surface area contributed by atoms with Crippen molar-refractivity contribution in [3.63, 3.8) is 0 Å². The van der Waals surface area contributed by atoms with E-state index < -0.39 is 11.4 Å². The van der Waals surface area contributed by atoms with E-state index in [-0.39, 0.29) is 6.61 Å². The predicted molar refractivity (Wildman–Crippen MR) is 31.8 cm³/mol. The lowest BCUT2D eigenvalue weighted by Crippen LogP contribution is -2.00. The van der Waals surface area contributed by atoms with Gasteiger partial charge < -0.3 is 0 Å². The zero-order chi connectivity index (χ0) is 6.41. The second-order valence-electron chi connectivity index (χ2n) is 0.882. The Labute approximate surface area is 55.8 Å². The third-order valence-electron chi connectivity index (χ3n) is 0.393. The molecule has 8 heavy (non-hydrogen) atoms. The summed E-state index contributed by atoms with van der Waals surface area (Å²) in [5.41, 5.74) is 0. The average Bonchev–Trinajstić information content (AvgIpc) is 1.83. The molecule has 0 bridgehead atoms. The third-order valence-corrected chi connectivity index (χ3v) is 1.18. The van der Waals surface area contributed by atoms with Crippen molar-refractivity contribution in [1.82, 2.24) is 0 Å². The summed E-state index contributed by atoms with van der Waals surface area (Å²) in [6, 6.07) is 0. The zero-order valence-electron chi connectivity index (χ0n) is 4.43. The molecule has 0 radical (unpaired) electrons. The van der Waals surface area contributed by atoms with Crippen LogP contribution in [0.1, 0.15) is 0 Å². The maximum atomic E-state index is 10.2. The lowest BCUT2D eigenvalue weighted by Gasteiger charge is -1.94. The number of rotatable bonds is 4. The number of alkyl halides is 1. The van der Waals surface area contributed by atoms with Crippen LogP contribution < -0.4 is 0 Å². The van der Waals surface area contributed by atoms with Crippen LogP contribution in [0.4, 0.5) is 0 Å². The van der Waals surface area contributed by atoms with E-state index in [0.29, 0.717) is 5.88 Å². The Morgan fingerprint density at radius 3 is 2.75 bits per heavy atom. The van der Waals surface area contributed by atoms with Crippen LogP contribution in [0.3, 0.4) is 0 Å². The predicted octanol–water partition coefficient (Wildman–Crippen LogP) is 0.467. The molecule has 0 fully saturated rings. The van der Waals surface area contributed by atoms with Gasteiger partial charge in [0.2, 0.25) is 0 Å². The largest absolute Gasteiger partial charge is 0.304 e. The minimum Gasteiger partial charge on any atom is -0.272 e. The molecule has 0 saturated carbocycles. The van der Waals surface area contributed by atoms with E-state index in [4.69, 9.17) is 11.6 Å². The van der Waals surface area contributed by atoms with E-state index in [1.54, 1.807) is 0 Å². The highest BCUT2D eigenvalue weighted by Crippen LogP contribution is 1.85. The SMILES string of the molecule is CO[S@@](=O)OCCCl. The molecule has 1 atom stereocenters. The van der Waals surface area contributed by atoms with Crippen molar-refractivity contribution < 1.29 is 12.6 Å². The molecular weight excluding hydrogens is 152 g/mol. The first kappa shape index (κ1) is 8.36. The molecule has 0 aliphatic heterocycles. The molecule has 0 unspecified atom stereocenters. The van der Waals surface area contributed by atoms with Crippen LogP contribution in [-0.2, 0) is 19.7 Å². The van der Waals surface area contributed by atoms with E-state index in [1.807, 2.05) is 0 Å². The van der Waals surface area contributed by atoms with Crippen LogP contribution in [0.5, 0.6) is 0 Å². The maximum Gasteiger partial charge on any atom is 0.304 e. The summed E-state index contributed by atoms with van der Waals surface area (Å²) < 4.78 is 18.9. The molecule has 3 nitrogen and oxygen atoms in total. The first-order valence-corrected chi connectivity index (χ1v) is 3.50. The van der Waals surface area contributed by atoms with Crippen LogP contribution in [0.25, 0.3) is 0 Å². The first-order chi connectivity index (χ1) is 3.81. The molecule has 0 amide bonds. The number of hydrogen-bond donors (Lipinski definition) is 0. The molecule has 0 saturated heterocycles. The summed E-state index contributed by atoms with van der Waals surface area (Å²) in [6.45, 7) is 0.252. The molecule has 0 aliphatic carbocycles. The van der Waals surface area contributed by atoms with Crippen molar-refractivity contribution in [2.75, 3.05) is 19.6 Å². The topological polar surface area (TPSA) is 35.5 Å². The molecule has 0 heterocycles. The normalized spacial score (nSPS) is 13.8. The Balaban J connectivity index is 2.99. The van der Waals surface area contributed by atoms with Gasteiger partial charge in [0.05, 0.1) is 13.7 Å². The molecule has 5 heteroatoms. The van der Waals surface area contributed by atoms with Crippen LogP contribution in [-0.4, -0.2) is 23.8 Å². The second-order valence-corrected chi connectivity index (χ2v) is 2.24. The van der Waals surface area contributed by atoms with Crippen LogP contribution in [0.2, 0.25) is 0 Å². The van der Waals surface area contributed by atoms with Crippen LogP contribution in [0.15, 0.2) is 0 Å². The fourth-order valence-electron chi connectivity index (χ4n) is 0.148. The standard InChI is InChI=1S/C3H7ClO3S/c1-6-8(5)7-3-2-4/h2-3H2,1H3/t8-/m1/s1. The van der Waals surface area contributed by atoms with Gasteiger partial charge in [0.15, 0.2) is 0 Å². The minimum atomic E-state index is -1.61. The Morgan fingerprint density at radius 1 is 1.75 bits per heavy atom. The average molecular weight is 159 g/mol. The minimum absolute atomic E-state index is 0.252. The fraction of sp³-hybridized carbons (Fsp3) is 1.00. The second kappa shape index (κ2) is 5.50. The highest BCUT2D eigenvalue weighted by Gasteiger charge is 1.92.